The Labute approximate surface area is 159 Å². The number of aryl methyl sites for hydroxylation is 1. The number of pyridine rings is 1. The summed E-state index contributed by atoms with van der Waals surface area (Å²) in [5, 5.41) is 24.8. The van der Waals surface area contributed by atoms with E-state index in [1.807, 2.05) is 0 Å². The van der Waals surface area contributed by atoms with Gasteiger partial charge in [-0.2, -0.15) is 0 Å². The first-order valence-electron chi connectivity index (χ1n) is 9.10. The van der Waals surface area contributed by atoms with Crippen LogP contribution in [-0.2, 0) is 4.79 Å². The molecule has 1 saturated heterocycles. The van der Waals surface area contributed by atoms with Crippen molar-refractivity contribution in [3.05, 3.63) is 27.9 Å². The number of aliphatic hydroxyl groups is 1. The summed E-state index contributed by atoms with van der Waals surface area (Å²) in [6, 6.07) is 2.98. The van der Waals surface area contributed by atoms with E-state index in [9.17, 15) is 20.0 Å². The summed E-state index contributed by atoms with van der Waals surface area (Å²) in [7, 11) is 0. The lowest BCUT2D eigenvalue weighted by Gasteiger charge is -2.38. The van der Waals surface area contributed by atoms with Crippen LogP contribution >= 0.6 is 0 Å². The zero-order chi connectivity index (χ0) is 19.9. The molecular weight excluding hydrogens is 348 g/mol. The summed E-state index contributed by atoms with van der Waals surface area (Å²) in [6.07, 6.45) is 2.75. The fourth-order valence-electron chi connectivity index (χ4n) is 3.04. The van der Waals surface area contributed by atoms with Crippen molar-refractivity contribution in [1.29, 1.82) is 0 Å². The number of aromatic nitrogens is 1. The Kier molecular flexibility index (Phi) is 7.13. The molecule has 8 nitrogen and oxygen atoms in total. The zero-order valence-corrected chi connectivity index (χ0v) is 15.8. The molecule has 1 aliphatic rings. The summed E-state index contributed by atoms with van der Waals surface area (Å²) >= 11 is 0. The number of hydrogen-bond acceptors (Lipinski definition) is 6. The largest absolute Gasteiger partial charge is 0.388 e. The monoisotopic (exact) mass is 374 g/mol. The standard InChI is InChI=1S/C19H26N4O4/c1-3-4-5-6-7-17(24)22-12-10-19(25,11-13-22)14-20-18-16(23(26)27)9-8-15(2)21-18/h8-9,25H,5-7,10-14H2,1-2H3,(H,20,21). The minimum atomic E-state index is -1.02. The van der Waals surface area contributed by atoms with Gasteiger partial charge in [0.2, 0.25) is 11.7 Å². The van der Waals surface area contributed by atoms with E-state index < -0.39 is 10.5 Å². The van der Waals surface area contributed by atoms with Crippen molar-refractivity contribution < 1.29 is 14.8 Å². The van der Waals surface area contributed by atoms with Crippen LogP contribution in [0.1, 0.15) is 44.7 Å². The molecule has 2 N–H and O–H groups in total. The molecule has 27 heavy (non-hydrogen) atoms. The second-order valence-corrected chi connectivity index (χ2v) is 6.82. The maximum Gasteiger partial charge on any atom is 0.311 e. The second kappa shape index (κ2) is 9.33. The highest BCUT2D eigenvalue weighted by Gasteiger charge is 2.34. The molecule has 1 amide bonds. The van der Waals surface area contributed by atoms with E-state index in [0.717, 1.165) is 6.42 Å². The topological polar surface area (TPSA) is 109 Å². The number of nitro groups is 1. The van der Waals surface area contributed by atoms with Gasteiger partial charge in [-0.1, -0.05) is 0 Å². The fraction of sp³-hybridized carbons (Fsp3) is 0.579. The van der Waals surface area contributed by atoms with Crippen molar-refractivity contribution in [2.75, 3.05) is 25.0 Å². The maximum absolute atomic E-state index is 12.2. The van der Waals surface area contributed by atoms with E-state index in [0.29, 0.717) is 44.5 Å². The number of unbranched alkanes of at least 4 members (excludes halogenated alkanes) is 1. The van der Waals surface area contributed by atoms with Crippen LogP contribution < -0.4 is 5.32 Å². The molecule has 0 aromatic carbocycles. The van der Waals surface area contributed by atoms with Crippen molar-refractivity contribution in [2.45, 2.75) is 51.6 Å². The van der Waals surface area contributed by atoms with Gasteiger partial charge in [0.05, 0.1) is 10.5 Å². The van der Waals surface area contributed by atoms with Crippen molar-refractivity contribution in [3.63, 3.8) is 0 Å². The van der Waals surface area contributed by atoms with Crippen molar-refractivity contribution in [1.82, 2.24) is 9.88 Å². The van der Waals surface area contributed by atoms with Gasteiger partial charge in [-0.15, -0.1) is 11.8 Å². The third-order valence-corrected chi connectivity index (χ3v) is 4.71. The number of piperidine rings is 1. The van der Waals surface area contributed by atoms with Gasteiger partial charge in [0.15, 0.2) is 0 Å². The number of carbonyl (C=O) groups excluding carboxylic acids is 1. The third-order valence-electron chi connectivity index (χ3n) is 4.71. The van der Waals surface area contributed by atoms with E-state index in [1.165, 1.54) is 6.07 Å². The van der Waals surface area contributed by atoms with Gasteiger partial charge in [0.25, 0.3) is 0 Å². The molecule has 1 fully saturated rings. The molecular formula is C19H26N4O4. The van der Waals surface area contributed by atoms with Gasteiger partial charge >= 0.3 is 5.69 Å². The maximum atomic E-state index is 12.2. The zero-order valence-electron chi connectivity index (χ0n) is 15.8. The van der Waals surface area contributed by atoms with Crippen molar-refractivity contribution in [3.8, 4) is 11.8 Å². The second-order valence-electron chi connectivity index (χ2n) is 6.82. The van der Waals surface area contributed by atoms with E-state index >= 15 is 0 Å². The van der Waals surface area contributed by atoms with Gasteiger partial charge < -0.3 is 15.3 Å². The highest BCUT2D eigenvalue weighted by atomic mass is 16.6. The Hall–Kier alpha value is -2.66. The number of hydrogen-bond donors (Lipinski definition) is 2. The normalized spacial score (nSPS) is 15.6. The molecule has 0 saturated carbocycles. The molecule has 0 unspecified atom stereocenters. The predicted molar refractivity (Wildman–Crippen MR) is 102 cm³/mol. The lowest BCUT2D eigenvalue weighted by Crippen LogP contribution is -2.50. The number of nitrogens with one attached hydrogen (secondary N) is 1. The highest BCUT2D eigenvalue weighted by molar-refractivity contribution is 5.76. The quantitative estimate of drug-likeness (QED) is 0.328. The Bertz CT molecular complexity index is 746. The smallest absolute Gasteiger partial charge is 0.311 e. The number of nitrogens with zero attached hydrogens (tertiary/aromatic N) is 3. The number of likely N-dealkylation sites (tertiary alicyclic amines) is 1. The van der Waals surface area contributed by atoms with Gasteiger partial charge in [-0.25, -0.2) is 4.98 Å². The third kappa shape index (κ3) is 5.93. The molecule has 0 spiro atoms. The molecule has 1 aromatic rings. The van der Waals surface area contributed by atoms with Gasteiger partial charge in [-0.3, -0.25) is 14.9 Å². The average Bonchev–Trinajstić information content (AvgIpc) is 2.64. The van der Waals surface area contributed by atoms with Crippen LogP contribution in [0.3, 0.4) is 0 Å². The number of amides is 1. The first kappa shape index (κ1) is 20.6. The van der Waals surface area contributed by atoms with Crippen LogP contribution in [-0.4, -0.2) is 51.1 Å². The first-order chi connectivity index (χ1) is 12.8. The van der Waals surface area contributed by atoms with E-state index in [1.54, 1.807) is 24.8 Å². The van der Waals surface area contributed by atoms with Crippen molar-refractivity contribution in [2.24, 2.45) is 0 Å². The van der Waals surface area contributed by atoms with Crippen LogP contribution in [0.5, 0.6) is 0 Å². The minimum Gasteiger partial charge on any atom is -0.388 e. The molecule has 0 radical (unpaired) electrons. The van der Waals surface area contributed by atoms with Gasteiger partial charge in [-0.05, 0) is 39.2 Å². The fourth-order valence-corrected chi connectivity index (χ4v) is 3.04. The minimum absolute atomic E-state index is 0.0823. The van der Waals surface area contributed by atoms with Crippen LogP contribution in [0, 0.1) is 28.9 Å². The molecule has 2 rings (SSSR count). The Morgan fingerprint density at radius 1 is 1.44 bits per heavy atom. The lowest BCUT2D eigenvalue weighted by atomic mass is 9.91. The molecule has 1 aliphatic heterocycles. The SMILES string of the molecule is CC#CCCCC(=O)N1CCC(O)(CNc2nc(C)ccc2[N+](=O)[O-])CC1. The number of anilines is 1. The summed E-state index contributed by atoms with van der Waals surface area (Å²) in [4.78, 5) is 28.8. The predicted octanol–water partition coefficient (Wildman–Crippen LogP) is 2.26. The highest BCUT2D eigenvalue weighted by Crippen LogP contribution is 2.26. The average molecular weight is 374 g/mol. The van der Waals surface area contributed by atoms with E-state index in [-0.39, 0.29) is 24.0 Å². The molecule has 2 heterocycles. The summed E-state index contributed by atoms with van der Waals surface area (Å²) in [5.41, 5.74) is -0.487. The Balaban J connectivity index is 1.87. The Morgan fingerprint density at radius 2 is 2.15 bits per heavy atom. The molecule has 0 atom stereocenters. The lowest BCUT2D eigenvalue weighted by molar-refractivity contribution is -0.384. The first-order valence-corrected chi connectivity index (χ1v) is 9.10. The molecule has 1 aromatic heterocycles. The molecule has 146 valence electrons. The summed E-state index contributed by atoms with van der Waals surface area (Å²) in [6.45, 7) is 4.63. The summed E-state index contributed by atoms with van der Waals surface area (Å²) in [5.74, 6) is 6.00. The summed E-state index contributed by atoms with van der Waals surface area (Å²) < 4.78 is 0. The van der Waals surface area contributed by atoms with Crippen LogP contribution in [0.15, 0.2) is 12.1 Å². The van der Waals surface area contributed by atoms with Crippen molar-refractivity contribution >= 4 is 17.4 Å². The van der Waals surface area contributed by atoms with E-state index in [4.69, 9.17) is 0 Å². The van der Waals surface area contributed by atoms with Crippen LogP contribution in [0.25, 0.3) is 0 Å². The van der Waals surface area contributed by atoms with E-state index in [2.05, 4.69) is 22.1 Å². The molecule has 8 heteroatoms. The Morgan fingerprint density at radius 3 is 2.78 bits per heavy atom. The van der Waals surface area contributed by atoms with Gasteiger partial charge in [0.1, 0.15) is 0 Å². The van der Waals surface area contributed by atoms with Gasteiger partial charge in [0, 0.05) is 44.2 Å². The number of rotatable bonds is 7. The number of carbonyl (C=O) groups is 1. The molecule has 0 aliphatic carbocycles. The van der Waals surface area contributed by atoms with Crippen LogP contribution in [0.2, 0.25) is 0 Å². The van der Waals surface area contributed by atoms with Crippen LogP contribution in [0.4, 0.5) is 11.5 Å². The molecule has 0 bridgehead atoms.